The summed E-state index contributed by atoms with van der Waals surface area (Å²) in [4.78, 5) is 0. The van der Waals surface area contributed by atoms with Crippen molar-refractivity contribution in [1.29, 1.82) is 0 Å². The summed E-state index contributed by atoms with van der Waals surface area (Å²) in [7, 11) is 1.71. The van der Waals surface area contributed by atoms with E-state index < -0.39 is 0 Å². The SMILES string of the molecule is Bc1c(O)c(C)c(C)c(C)c1O. The molecule has 0 radical (unpaired) electrons. The van der Waals surface area contributed by atoms with Crippen LogP contribution in [0.15, 0.2) is 0 Å². The van der Waals surface area contributed by atoms with E-state index in [4.69, 9.17) is 0 Å². The lowest BCUT2D eigenvalue weighted by atomic mass is 9.87. The minimum atomic E-state index is 0.204. The monoisotopic (exact) mass is 164 g/mol. The summed E-state index contributed by atoms with van der Waals surface area (Å²) >= 11 is 0. The molecule has 0 aromatic heterocycles. The topological polar surface area (TPSA) is 40.5 Å². The Balaban J connectivity index is 3.60. The maximum Gasteiger partial charge on any atom is 0.149 e. The number of rotatable bonds is 0. The summed E-state index contributed by atoms with van der Waals surface area (Å²) in [5.41, 5.74) is 3.22. The number of aromatic hydroxyl groups is 2. The molecule has 0 saturated heterocycles. The first kappa shape index (κ1) is 8.98. The predicted molar refractivity (Wildman–Crippen MR) is 52.2 cm³/mol. The third-order valence-electron chi connectivity index (χ3n) is 2.55. The van der Waals surface area contributed by atoms with Crippen molar-refractivity contribution < 1.29 is 10.2 Å². The third-order valence-corrected chi connectivity index (χ3v) is 2.55. The molecular weight excluding hydrogens is 151 g/mol. The normalized spacial score (nSPS) is 10.2. The average molecular weight is 164 g/mol. The first-order chi connectivity index (χ1) is 5.46. The first-order valence-corrected chi connectivity index (χ1v) is 3.95. The Morgan fingerprint density at radius 2 is 1.17 bits per heavy atom. The summed E-state index contributed by atoms with van der Waals surface area (Å²) in [5, 5.41) is 19.1. The Labute approximate surface area is 73.3 Å². The van der Waals surface area contributed by atoms with Gasteiger partial charge in [-0.1, -0.05) is 0 Å². The van der Waals surface area contributed by atoms with E-state index in [1.165, 1.54) is 0 Å². The molecule has 0 bridgehead atoms. The molecule has 12 heavy (non-hydrogen) atoms. The van der Waals surface area contributed by atoms with Crippen LogP contribution < -0.4 is 5.46 Å². The van der Waals surface area contributed by atoms with Crippen molar-refractivity contribution in [1.82, 2.24) is 0 Å². The van der Waals surface area contributed by atoms with Crippen LogP contribution in [0.5, 0.6) is 11.5 Å². The lowest BCUT2D eigenvalue weighted by Gasteiger charge is -2.12. The minimum Gasteiger partial charge on any atom is -0.508 e. The largest absolute Gasteiger partial charge is 0.508 e. The molecule has 0 spiro atoms. The van der Waals surface area contributed by atoms with E-state index in [2.05, 4.69) is 0 Å². The van der Waals surface area contributed by atoms with Crippen LogP contribution in [0.25, 0.3) is 0 Å². The molecule has 0 atom stereocenters. The molecule has 0 saturated carbocycles. The van der Waals surface area contributed by atoms with E-state index in [1.54, 1.807) is 7.85 Å². The van der Waals surface area contributed by atoms with Crippen molar-refractivity contribution in [2.75, 3.05) is 0 Å². The fourth-order valence-corrected chi connectivity index (χ4v) is 1.31. The van der Waals surface area contributed by atoms with Gasteiger partial charge in [0.2, 0.25) is 0 Å². The second-order valence-corrected chi connectivity index (χ2v) is 3.20. The molecule has 1 aromatic carbocycles. The van der Waals surface area contributed by atoms with Crippen molar-refractivity contribution >= 4 is 13.3 Å². The number of hydrogen-bond donors (Lipinski definition) is 2. The Morgan fingerprint density at radius 1 is 0.833 bits per heavy atom. The maximum atomic E-state index is 9.53. The molecule has 0 heterocycles. The second kappa shape index (κ2) is 2.74. The Morgan fingerprint density at radius 3 is 1.50 bits per heavy atom. The fraction of sp³-hybridized carbons (Fsp3) is 0.333. The van der Waals surface area contributed by atoms with Gasteiger partial charge in [-0.15, -0.1) is 0 Å². The van der Waals surface area contributed by atoms with Gasteiger partial charge in [-0.25, -0.2) is 0 Å². The van der Waals surface area contributed by atoms with E-state index >= 15 is 0 Å². The van der Waals surface area contributed by atoms with Crippen LogP contribution in [-0.2, 0) is 0 Å². The zero-order chi connectivity index (χ0) is 9.46. The maximum absolute atomic E-state index is 9.53. The molecule has 2 nitrogen and oxygen atoms in total. The van der Waals surface area contributed by atoms with Gasteiger partial charge < -0.3 is 10.2 Å². The Hall–Kier alpha value is -1.12. The highest BCUT2D eigenvalue weighted by Gasteiger charge is 2.12. The lowest BCUT2D eigenvalue weighted by Crippen LogP contribution is -2.08. The zero-order valence-corrected chi connectivity index (χ0v) is 7.89. The average Bonchev–Trinajstić information content (AvgIpc) is 2.08. The summed E-state index contributed by atoms with van der Waals surface area (Å²) in [6, 6.07) is 0. The van der Waals surface area contributed by atoms with Gasteiger partial charge in [0, 0.05) is 0 Å². The fourth-order valence-electron chi connectivity index (χ4n) is 1.31. The Bertz CT molecular complexity index is 227. The number of phenolic OH excluding ortho intramolecular Hbond substituents is 2. The highest BCUT2D eigenvalue weighted by Crippen LogP contribution is 2.27. The molecule has 0 amide bonds. The van der Waals surface area contributed by atoms with E-state index in [0.29, 0.717) is 5.46 Å². The third kappa shape index (κ3) is 1.05. The van der Waals surface area contributed by atoms with Crippen molar-refractivity contribution in [2.24, 2.45) is 0 Å². The number of phenols is 2. The van der Waals surface area contributed by atoms with Crippen molar-refractivity contribution in [3.05, 3.63) is 16.7 Å². The molecule has 0 unspecified atom stereocenters. The molecule has 1 aromatic rings. The van der Waals surface area contributed by atoms with Gasteiger partial charge in [-0.05, 0) is 42.9 Å². The highest BCUT2D eigenvalue weighted by atomic mass is 16.3. The van der Waals surface area contributed by atoms with Gasteiger partial charge in [-0.3, -0.25) is 0 Å². The molecule has 3 heteroatoms. The molecule has 0 aliphatic carbocycles. The van der Waals surface area contributed by atoms with Crippen LogP contribution in [0.3, 0.4) is 0 Å². The van der Waals surface area contributed by atoms with Crippen LogP contribution >= 0.6 is 0 Å². The minimum absolute atomic E-state index is 0.204. The molecule has 1 rings (SSSR count). The van der Waals surface area contributed by atoms with Gasteiger partial charge in [0.25, 0.3) is 0 Å². The zero-order valence-electron chi connectivity index (χ0n) is 7.89. The van der Waals surface area contributed by atoms with Gasteiger partial charge in [0.1, 0.15) is 19.3 Å². The second-order valence-electron chi connectivity index (χ2n) is 3.20. The molecule has 2 N–H and O–H groups in total. The van der Waals surface area contributed by atoms with E-state index in [1.807, 2.05) is 20.8 Å². The van der Waals surface area contributed by atoms with Crippen LogP contribution in [-0.4, -0.2) is 18.1 Å². The standard InChI is InChI=1S/C9H13BO2/c1-4-5(2)8(11)7(10)9(12)6(4)3/h11-12H,10H2,1-3H3. The Kier molecular flexibility index (Phi) is 2.05. The van der Waals surface area contributed by atoms with Crippen LogP contribution in [0.4, 0.5) is 0 Å². The summed E-state index contributed by atoms with van der Waals surface area (Å²) < 4.78 is 0. The van der Waals surface area contributed by atoms with E-state index in [9.17, 15) is 10.2 Å². The highest BCUT2D eigenvalue weighted by molar-refractivity contribution is 6.36. The predicted octanol–water partition coefficient (Wildman–Crippen LogP) is 0.281. The molecule has 0 aliphatic rings. The van der Waals surface area contributed by atoms with Crippen LogP contribution in [0.1, 0.15) is 16.7 Å². The van der Waals surface area contributed by atoms with Crippen molar-refractivity contribution in [2.45, 2.75) is 20.8 Å². The lowest BCUT2D eigenvalue weighted by molar-refractivity contribution is 0.452. The van der Waals surface area contributed by atoms with Crippen molar-refractivity contribution in [3.8, 4) is 11.5 Å². The molecule has 64 valence electrons. The number of hydrogen-bond acceptors (Lipinski definition) is 2. The van der Waals surface area contributed by atoms with Gasteiger partial charge in [0.15, 0.2) is 0 Å². The molecular formula is C9H13BO2. The van der Waals surface area contributed by atoms with E-state index in [-0.39, 0.29) is 11.5 Å². The van der Waals surface area contributed by atoms with Crippen molar-refractivity contribution in [3.63, 3.8) is 0 Å². The van der Waals surface area contributed by atoms with Gasteiger partial charge in [-0.2, -0.15) is 0 Å². The quantitative estimate of drug-likeness (QED) is 0.540. The molecule has 0 fully saturated rings. The molecule has 0 aliphatic heterocycles. The number of benzene rings is 1. The van der Waals surface area contributed by atoms with E-state index in [0.717, 1.165) is 16.7 Å². The van der Waals surface area contributed by atoms with Crippen LogP contribution in [0, 0.1) is 20.8 Å². The summed E-state index contributed by atoms with van der Waals surface area (Å²) in [5.74, 6) is 0.409. The first-order valence-electron chi connectivity index (χ1n) is 3.95. The van der Waals surface area contributed by atoms with Gasteiger partial charge >= 0.3 is 0 Å². The van der Waals surface area contributed by atoms with Crippen LogP contribution in [0.2, 0.25) is 0 Å². The summed E-state index contributed by atoms with van der Waals surface area (Å²) in [6.07, 6.45) is 0. The summed E-state index contributed by atoms with van der Waals surface area (Å²) in [6.45, 7) is 5.60. The smallest absolute Gasteiger partial charge is 0.149 e. The van der Waals surface area contributed by atoms with Gasteiger partial charge in [0.05, 0.1) is 0 Å².